The molecule has 0 radical (unpaired) electrons. The van der Waals surface area contributed by atoms with Crippen molar-refractivity contribution in [3.63, 3.8) is 0 Å². The molecular formula is C24H39N. The van der Waals surface area contributed by atoms with E-state index in [2.05, 4.69) is 53.7 Å². The Hall–Kier alpha value is -0.770. The van der Waals surface area contributed by atoms with Crippen LogP contribution >= 0.6 is 0 Å². The van der Waals surface area contributed by atoms with E-state index in [-0.39, 0.29) is 0 Å². The number of fused-ring (bicyclic) bond motifs is 1. The van der Waals surface area contributed by atoms with E-state index >= 15 is 0 Å². The van der Waals surface area contributed by atoms with Crippen LogP contribution in [-0.2, 0) is 0 Å². The predicted molar refractivity (Wildman–Crippen MR) is 106 cm³/mol. The van der Waals surface area contributed by atoms with Gasteiger partial charge in [-0.05, 0) is 78.9 Å². The fourth-order valence-corrected chi connectivity index (χ4v) is 6.70. The molecule has 3 rings (SSSR count). The maximum absolute atomic E-state index is 9.89. The van der Waals surface area contributed by atoms with Crippen molar-refractivity contribution in [3.8, 4) is 6.07 Å². The Labute approximate surface area is 156 Å². The highest BCUT2D eigenvalue weighted by Gasteiger charge is 2.86. The van der Waals surface area contributed by atoms with Gasteiger partial charge >= 0.3 is 0 Å². The van der Waals surface area contributed by atoms with Gasteiger partial charge in [0.2, 0.25) is 0 Å². The number of rotatable bonds is 11. The normalized spacial score (nSPS) is 36.7. The van der Waals surface area contributed by atoms with Crippen molar-refractivity contribution in [3.05, 3.63) is 11.6 Å². The summed E-state index contributed by atoms with van der Waals surface area (Å²) in [4.78, 5) is 0. The van der Waals surface area contributed by atoms with Gasteiger partial charge in [-0.15, -0.1) is 0 Å². The molecule has 0 aliphatic heterocycles. The molecular weight excluding hydrogens is 302 g/mol. The molecule has 0 aromatic carbocycles. The van der Waals surface area contributed by atoms with Gasteiger partial charge in [-0.3, -0.25) is 0 Å². The third-order valence-corrected chi connectivity index (χ3v) is 8.44. The average molecular weight is 342 g/mol. The summed E-state index contributed by atoms with van der Waals surface area (Å²) in [6.45, 7) is 14.3. The molecule has 2 fully saturated rings. The van der Waals surface area contributed by atoms with E-state index in [1.807, 2.05) is 0 Å². The monoisotopic (exact) mass is 341 g/mol. The van der Waals surface area contributed by atoms with Crippen molar-refractivity contribution in [1.29, 1.82) is 5.26 Å². The number of nitriles is 1. The van der Waals surface area contributed by atoms with Crippen molar-refractivity contribution in [2.45, 2.75) is 80.1 Å². The van der Waals surface area contributed by atoms with E-state index in [0.717, 1.165) is 29.6 Å². The summed E-state index contributed by atoms with van der Waals surface area (Å²) in [5, 5.41) is 9.89. The Morgan fingerprint density at radius 2 is 1.92 bits per heavy atom. The van der Waals surface area contributed by atoms with Gasteiger partial charge < -0.3 is 0 Å². The first-order valence-corrected chi connectivity index (χ1v) is 11.0. The zero-order valence-corrected chi connectivity index (χ0v) is 17.4. The minimum absolute atomic E-state index is 0.292. The SMILES string of the molecule is CCC(CCCC1=CC1)C(C)CC(C)C(C#N)C1C2C(C)C12C(C)C. The van der Waals surface area contributed by atoms with Crippen molar-refractivity contribution in [2.75, 3.05) is 0 Å². The second kappa shape index (κ2) is 7.09. The van der Waals surface area contributed by atoms with Crippen LogP contribution in [0, 0.1) is 64.1 Å². The molecule has 3 aliphatic rings. The lowest BCUT2D eigenvalue weighted by Crippen LogP contribution is -2.26. The molecule has 25 heavy (non-hydrogen) atoms. The van der Waals surface area contributed by atoms with Gasteiger partial charge in [0.15, 0.2) is 0 Å². The molecule has 2 saturated carbocycles. The Balaban J connectivity index is 1.50. The predicted octanol–water partition coefficient (Wildman–Crippen LogP) is 6.85. The van der Waals surface area contributed by atoms with E-state index < -0.39 is 0 Å². The molecule has 0 heterocycles. The van der Waals surface area contributed by atoms with E-state index in [0.29, 0.717) is 23.2 Å². The third-order valence-electron chi connectivity index (χ3n) is 8.44. The lowest BCUT2D eigenvalue weighted by Gasteiger charge is -2.31. The molecule has 1 heteroatoms. The zero-order valence-electron chi connectivity index (χ0n) is 17.4. The van der Waals surface area contributed by atoms with Crippen LogP contribution in [0.4, 0.5) is 0 Å². The smallest absolute Gasteiger partial charge is 0.0661 e. The second-order valence-electron chi connectivity index (χ2n) is 9.97. The maximum Gasteiger partial charge on any atom is 0.0661 e. The van der Waals surface area contributed by atoms with Crippen LogP contribution in [0.3, 0.4) is 0 Å². The van der Waals surface area contributed by atoms with Crippen LogP contribution in [-0.4, -0.2) is 0 Å². The summed E-state index contributed by atoms with van der Waals surface area (Å²) in [6.07, 6.45) is 10.3. The van der Waals surface area contributed by atoms with Crippen molar-refractivity contribution < 1.29 is 0 Å². The van der Waals surface area contributed by atoms with Crippen LogP contribution in [0.25, 0.3) is 0 Å². The largest absolute Gasteiger partial charge is 0.198 e. The summed E-state index contributed by atoms with van der Waals surface area (Å²) in [5.74, 6) is 5.64. The standard InChI is InChI=1S/C24H39N/c1-7-20(10-8-9-19-11-12-19)16(4)13-17(5)21(14-25)23-22-18(6)24(22,23)15(2)3/h11,15-18,20-23H,7-10,12-13H2,1-6H3. The van der Waals surface area contributed by atoms with Crippen molar-refractivity contribution in [2.24, 2.45) is 52.8 Å². The van der Waals surface area contributed by atoms with Gasteiger partial charge in [0.25, 0.3) is 0 Å². The van der Waals surface area contributed by atoms with E-state index in [1.165, 1.54) is 38.5 Å². The highest BCUT2D eigenvalue weighted by Crippen LogP contribution is 2.89. The van der Waals surface area contributed by atoms with Gasteiger partial charge in [0.05, 0.1) is 12.0 Å². The first kappa shape index (κ1) is 19.0. The summed E-state index contributed by atoms with van der Waals surface area (Å²) in [6, 6.07) is 2.75. The minimum atomic E-state index is 0.292. The van der Waals surface area contributed by atoms with Gasteiger partial charge in [-0.2, -0.15) is 5.26 Å². The molecule has 0 spiro atoms. The third kappa shape index (κ3) is 3.31. The average Bonchev–Trinajstić information content (AvgIpc) is 3.46. The molecule has 0 aromatic rings. The number of allylic oxidation sites excluding steroid dienone is 2. The summed E-state index contributed by atoms with van der Waals surface area (Å²) in [7, 11) is 0. The van der Waals surface area contributed by atoms with E-state index in [4.69, 9.17) is 0 Å². The van der Waals surface area contributed by atoms with E-state index in [1.54, 1.807) is 5.57 Å². The topological polar surface area (TPSA) is 23.8 Å². The summed E-state index contributed by atoms with van der Waals surface area (Å²) >= 11 is 0. The molecule has 0 saturated heterocycles. The maximum atomic E-state index is 9.89. The summed E-state index contributed by atoms with van der Waals surface area (Å²) in [5.41, 5.74) is 2.22. The van der Waals surface area contributed by atoms with Crippen molar-refractivity contribution >= 4 is 0 Å². The molecule has 3 aliphatic carbocycles. The van der Waals surface area contributed by atoms with Gasteiger partial charge in [-0.1, -0.05) is 59.6 Å². The number of hydrogen-bond donors (Lipinski definition) is 0. The lowest BCUT2D eigenvalue weighted by molar-refractivity contribution is 0.188. The van der Waals surface area contributed by atoms with Gasteiger partial charge in [0, 0.05) is 0 Å². The second-order valence-corrected chi connectivity index (χ2v) is 9.97. The minimum Gasteiger partial charge on any atom is -0.198 e. The number of hydrogen-bond acceptors (Lipinski definition) is 1. The molecule has 1 nitrogen and oxygen atoms in total. The van der Waals surface area contributed by atoms with Crippen LogP contribution in [0.1, 0.15) is 80.1 Å². The molecule has 0 amide bonds. The molecule has 0 aromatic heterocycles. The molecule has 0 N–H and O–H groups in total. The lowest BCUT2D eigenvalue weighted by atomic mass is 9.73. The molecule has 0 bridgehead atoms. The quantitative estimate of drug-likeness (QED) is 0.377. The Bertz CT molecular complexity index is 553. The molecule has 140 valence electrons. The zero-order chi connectivity index (χ0) is 18.4. The molecule has 8 unspecified atom stereocenters. The van der Waals surface area contributed by atoms with Gasteiger partial charge in [0.1, 0.15) is 0 Å². The Kier molecular flexibility index (Phi) is 5.39. The van der Waals surface area contributed by atoms with Crippen LogP contribution in [0.2, 0.25) is 0 Å². The highest BCUT2D eigenvalue weighted by molar-refractivity contribution is 5.34. The van der Waals surface area contributed by atoms with Crippen LogP contribution in [0.5, 0.6) is 0 Å². The first-order chi connectivity index (χ1) is 11.9. The van der Waals surface area contributed by atoms with E-state index in [9.17, 15) is 5.26 Å². The Morgan fingerprint density at radius 3 is 2.36 bits per heavy atom. The number of nitrogens with zero attached hydrogens (tertiary/aromatic N) is 1. The molecule has 8 atom stereocenters. The van der Waals surface area contributed by atoms with Crippen LogP contribution in [0.15, 0.2) is 11.6 Å². The first-order valence-electron chi connectivity index (χ1n) is 11.0. The fourth-order valence-electron chi connectivity index (χ4n) is 6.70. The van der Waals surface area contributed by atoms with Crippen molar-refractivity contribution in [1.82, 2.24) is 0 Å². The highest BCUT2D eigenvalue weighted by atomic mass is 14.9. The van der Waals surface area contributed by atoms with Crippen LogP contribution < -0.4 is 0 Å². The Morgan fingerprint density at radius 1 is 1.24 bits per heavy atom. The summed E-state index contributed by atoms with van der Waals surface area (Å²) < 4.78 is 0. The fraction of sp³-hybridized carbons (Fsp3) is 0.875. The van der Waals surface area contributed by atoms with Gasteiger partial charge in [-0.25, -0.2) is 0 Å².